The van der Waals surface area contributed by atoms with Gasteiger partial charge in [-0.2, -0.15) is 21.6 Å². The van der Waals surface area contributed by atoms with Gasteiger partial charge in [0.1, 0.15) is 0 Å². The second kappa shape index (κ2) is 53.4. The number of pyridine rings is 6. The summed E-state index contributed by atoms with van der Waals surface area (Å²) in [4.78, 5) is 26.5. The number of nitrogens with zero attached hydrogens (tertiary/aromatic N) is 6. The number of alkyl halides is 3. The average Bonchev–Trinajstić information content (AvgIpc) is 0.806. The molecule has 0 saturated carbocycles. The van der Waals surface area contributed by atoms with E-state index in [1.54, 1.807) is 43.3 Å². The molecule has 4 N–H and O–H groups in total. The summed E-state index contributed by atoms with van der Waals surface area (Å²) in [5, 5.41) is 24.6. The van der Waals surface area contributed by atoms with Gasteiger partial charge in [0.2, 0.25) is 0 Å². The molecule has 12 aromatic rings. The maximum atomic E-state index is 10.7. The Morgan fingerprint density at radius 2 is 0.691 bits per heavy atom. The molecule has 0 fully saturated rings. The zero-order chi connectivity index (χ0) is 84.6. The van der Waals surface area contributed by atoms with Gasteiger partial charge in [0.15, 0.2) is 0 Å². The molecule has 0 aliphatic heterocycles. The SMILES string of the molecule is C.CC(C)Cc1cc(-c2[c-]cccc2)ncc1[Si](C)(C)C.CC(C)Cc1cc(-c2ccccc2)ncc1[Si](C)(C)C.CCO.CO.CO.Cc1cccc(-c2[c-]cccc2)n1.Cc1cccc(-c2[c-]cccc2)n1.O=S(=O)(O)C(F)(F)F.[2H]C([2H])([2H])c1cccc(-c2[c-]cccc2)n1.[2H]C([2H])([2H])c1cccc(-c2[c-]cccc2)n1.[Ir+3].[Ir]. The summed E-state index contributed by atoms with van der Waals surface area (Å²) in [7, 11) is -6.51. The maximum Gasteiger partial charge on any atom is 3.00 e. The molecule has 0 spiro atoms. The molecular formula is C90H108F3Ir2N6O6SSi2-2. The van der Waals surface area contributed by atoms with Gasteiger partial charge in [0, 0.05) is 89.9 Å². The monoisotopic (exact) mass is 1910 g/mol. The molecule has 12 rings (SSSR count). The summed E-state index contributed by atoms with van der Waals surface area (Å²) in [6, 6.07) is 91.2. The molecule has 20 heteroatoms. The molecule has 589 valence electrons. The molecule has 6 aromatic heterocycles. The van der Waals surface area contributed by atoms with Gasteiger partial charge in [-0.3, -0.25) is 9.54 Å². The number of halogens is 3. The van der Waals surface area contributed by atoms with Gasteiger partial charge in [-0.05, 0) is 134 Å². The van der Waals surface area contributed by atoms with Gasteiger partial charge >= 0.3 is 35.7 Å². The number of benzene rings is 6. The summed E-state index contributed by atoms with van der Waals surface area (Å²) in [5.74, 6) is 1.34. The van der Waals surface area contributed by atoms with Crippen molar-refractivity contribution in [3.63, 3.8) is 0 Å². The summed E-state index contributed by atoms with van der Waals surface area (Å²) in [5.41, 5.74) is 11.1. The van der Waals surface area contributed by atoms with Crippen LogP contribution in [-0.4, -0.2) is 101 Å². The first-order valence-corrected chi connectivity index (χ1v) is 43.0. The van der Waals surface area contributed by atoms with Gasteiger partial charge in [-0.25, -0.2) is 0 Å². The summed E-state index contributed by atoms with van der Waals surface area (Å²) >= 11 is 0. The molecule has 0 atom stereocenters. The molecule has 0 unspecified atom stereocenters. The van der Waals surface area contributed by atoms with E-state index in [1.807, 2.05) is 153 Å². The van der Waals surface area contributed by atoms with E-state index >= 15 is 0 Å². The van der Waals surface area contributed by atoms with Crippen molar-refractivity contribution >= 4 is 36.6 Å². The predicted molar refractivity (Wildman–Crippen MR) is 448 cm³/mol. The first-order valence-electron chi connectivity index (χ1n) is 37.5. The maximum absolute atomic E-state index is 10.7. The van der Waals surface area contributed by atoms with Gasteiger partial charge in [-0.1, -0.05) is 165 Å². The number of hydrogen-bond donors (Lipinski definition) is 4. The molecule has 0 amide bonds. The van der Waals surface area contributed by atoms with E-state index in [9.17, 15) is 13.2 Å². The van der Waals surface area contributed by atoms with E-state index in [1.165, 1.54) is 39.2 Å². The third kappa shape index (κ3) is 38.4. The average molecular weight is 1910 g/mol. The third-order valence-corrected chi connectivity index (χ3v) is 19.1. The van der Waals surface area contributed by atoms with Gasteiger partial charge < -0.3 is 40.2 Å². The standard InChI is InChI=1S/C18H25NSi.C18H24NSi.4C12H10N.C2H6O.CHF3O3S.2CH4O.CH4.2Ir/c2*1-14(2)11-16-12-17(15-9-7-6-8-10-15)19-13-18(16)20(3,4)5;4*1-10-6-5-9-12(13-10)11-7-3-2-4-8-11;1-2-3;2-1(3,4)8(5,6)7;2*1-2;;;/h6-10,12-14H,11H2,1-5H3;6-9,12-14H,11H2,1-5H3;4*2-7,9H,1H3;3H,2H2,1H3;(H,5,6,7);2*2H,1H3;1H4;;/q;5*-1;;;;;;;+3/i;;2*1D3;;;;;;;;;. The van der Waals surface area contributed by atoms with Crippen LogP contribution in [-0.2, 0) is 63.2 Å². The number of aliphatic hydroxyl groups excluding tert-OH is 3. The fourth-order valence-electron chi connectivity index (χ4n) is 9.80. The van der Waals surface area contributed by atoms with Crippen LogP contribution in [0.5, 0.6) is 0 Å². The van der Waals surface area contributed by atoms with Crippen molar-refractivity contribution in [3.05, 3.63) is 313 Å². The Kier molecular flexibility index (Phi) is 43.9. The van der Waals surface area contributed by atoms with E-state index in [-0.39, 0.29) is 65.6 Å². The molecule has 0 saturated heterocycles. The molecule has 110 heavy (non-hydrogen) atoms. The molecular weight excluding hydrogens is 1790 g/mol. The van der Waals surface area contributed by atoms with Crippen molar-refractivity contribution < 1.29 is 89.9 Å². The Hall–Kier alpha value is -8.47. The van der Waals surface area contributed by atoms with Crippen molar-refractivity contribution in [3.8, 4) is 67.5 Å². The predicted octanol–water partition coefficient (Wildman–Crippen LogP) is 20.5. The Balaban J connectivity index is 0.00000132. The Bertz CT molecular complexity index is 4520. The van der Waals surface area contributed by atoms with Crippen molar-refractivity contribution in [2.24, 2.45) is 11.8 Å². The smallest absolute Gasteiger partial charge is 0.400 e. The first-order chi connectivity index (χ1) is 53.3. The zero-order valence-corrected chi connectivity index (χ0v) is 72.1. The fourth-order valence-corrected chi connectivity index (χ4v) is 13.0. The van der Waals surface area contributed by atoms with Crippen LogP contribution in [0.15, 0.2) is 249 Å². The number of rotatable bonds is 12. The quantitative estimate of drug-likeness (QED) is 0.0392. The van der Waals surface area contributed by atoms with Gasteiger partial charge in [0.25, 0.3) is 0 Å². The van der Waals surface area contributed by atoms with Crippen molar-refractivity contribution in [2.45, 2.75) is 127 Å². The van der Waals surface area contributed by atoms with Crippen molar-refractivity contribution in [1.82, 2.24) is 29.9 Å². The number of aliphatic hydroxyl groups is 3. The largest absolute Gasteiger partial charge is 3.00 e. The van der Waals surface area contributed by atoms with Crippen LogP contribution in [0.2, 0.25) is 39.3 Å². The Morgan fingerprint density at radius 3 is 0.936 bits per heavy atom. The summed E-state index contributed by atoms with van der Waals surface area (Å²) in [6.07, 6.45) is 6.51. The Labute approximate surface area is 692 Å². The van der Waals surface area contributed by atoms with Gasteiger partial charge in [-0.15, -0.1) is 179 Å². The van der Waals surface area contributed by atoms with E-state index in [0.717, 1.165) is 89.0 Å². The minimum Gasteiger partial charge on any atom is -0.400 e. The summed E-state index contributed by atoms with van der Waals surface area (Å²) < 4.78 is 101. The number of aryl methyl sites for hydroxylation is 4. The Morgan fingerprint density at radius 1 is 0.436 bits per heavy atom. The molecule has 6 aromatic carbocycles. The second-order valence-corrected chi connectivity index (χ2v) is 37.8. The van der Waals surface area contributed by atoms with Crippen LogP contribution in [0, 0.1) is 69.7 Å². The second-order valence-electron chi connectivity index (χ2n) is 26.3. The minimum absolute atomic E-state index is 0. The van der Waals surface area contributed by atoms with Crippen molar-refractivity contribution in [1.29, 1.82) is 0 Å². The van der Waals surface area contributed by atoms with Crippen LogP contribution >= 0.6 is 0 Å². The minimum atomic E-state index is -5.84. The van der Waals surface area contributed by atoms with Crippen LogP contribution in [0.1, 0.15) is 84.2 Å². The first kappa shape index (κ1) is 90.4. The number of aromatic nitrogens is 6. The fraction of sp³-hybridized carbons (Fsp3) is 0.267. The molecule has 0 aliphatic rings. The molecule has 1 radical (unpaired) electrons. The summed E-state index contributed by atoms with van der Waals surface area (Å²) in [6.45, 7) is 25.1. The molecule has 0 bridgehead atoms. The topological polar surface area (TPSA) is 192 Å². The van der Waals surface area contributed by atoms with Crippen LogP contribution in [0.25, 0.3) is 67.5 Å². The van der Waals surface area contributed by atoms with Crippen LogP contribution in [0.4, 0.5) is 13.2 Å². The zero-order valence-electron chi connectivity index (χ0n) is 70.4. The molecule has 0 aliphatic carbocycles. The number of hydrogen-bond acceptors (Lipinski definition) is 11. The van der Waals surface area contributed by atoms with Crippen LogP contribution in [0.3, 0.4) is 0 Å². The van der Waals surface area contributed by atoms with Crippen molar-refractivity contribution in [2.75, 3.05) is 20.8 Å². The van der Waals surface area contributed by atoms with Crippen LogP contribution < -0.4 is 10.4 Å². The van der Waals surface area contributed by atoms with E-state index in [0.29, 0.717) is 23.2 Å². The van der Waals surface area contributed by atoms with Gasteiger partial charge in [0.05, 0.1) is 21.8 Å². The van der Waals surface area contributed by atoms with E-state index < -0.39 is 45.5 Å². The normalized spacial score (nSPS) is 11.3. The van der Waals surface area contributed by atoms with E-state index in [4.69, 9.17) is 41.5 Å². The van der Waals surface area contributed by atoms with E-state index in [2.05, 4.69) is 183 Å². The molecule has 6 heterocycles. The molecule has 12 nitrogen and oxygen atoms in total. The third-order valence-electron chi connectivity index (χ3n) is 14.4.